The Hall–Kier alpha value is 0.860. The smallest absolute Gasteiger partial charge is 0.0123 e. The number of fused-ring (bicyclic) bond motifs is 4. The first-order valence-corrected chi connectivity index (χ1v) is 9.11. The zero-order chi connectivity index (χ0) is 9.88. The van der Waals surface area contributed by atoms with Gasteiger partial charge in [-0.25, -0.2) is 0 Å². The molecule has 4 aliphatic rings. The molecule has 2 aliphatic carbocycles. The van der Waals surface area contributed by atoms with Crippen LogP contribution in [0.3, 0.4) is 0 Å². The van der Waals surface area contributed by atoms with Crippen molar-refractivity contribution in [2.24, 2.45) is 11.8 Å². The van der Waals surface area contributed by atoms with E-state index in [-0.39, 0.29) is 0 Å². The van der Waals surface area contributed by atoms with E-state index in [2.05, 4.69) is 0 Å². The second kappa shape index (κ2) is 3.43. The summed E-state index contributed by atoms with van der Waals surface area (Å²) < 4.78 is 0. The lowest BCUT2D eigenvalue weighted by Gasteiger charge is -2.70. The summed E-state index contributed by atoms with van der Waals surface area (Å²) in [5, 5.41) is 0. The summed E-state index contributed by atoms with van der Waals surface area (Å²) in [7, 11) is 2.81. The SMILES string of the molecule is C1CCC2C(C1)PC21PC2CCCCC21. The van der Waals surface area contributed by atoms with Gasteiger partial charge in [0.05, 0.1) is 0 Å². The van der Waals surface area contributed by atoms with E-state index in [4.69, 9.17) is 0 Å². The van der Waals surface area contributed by atoms with Gasteiger partial charge in [0.15, 0.2) is 0 Å². The van der Waals surface area contributed by atoms with Crippen LogP contribution in [0.2, 0.25) is 0 Å². The van der Waals surface area contributed by atoms with Crippen molar-refractivity contribution in [3.05, 3.63) is 0 Å². The molecule has 4 fully saturated rings. The Balaban J connectivity index is 1.53. The van der Waals surface area contributed by atoms with Gasteiger partial charge in [0.25, 0.3) is 0 Å². The zero-order valence-corrected chi connectivity index (χ0v) is 11.5. The van der Waals surface area contributed by atoms with Crippen LogP contribution < -0.4 is 0 Å². The van der Waals surface area contributed by atoms with Crippen LogP contribution in [0.4, 0.5) is 0 Å². The molecule has 0 radical (unpaired) electrons. The monoisotopic (exact) mass is 240 g/mol. The van der Waals surface area contributed by atoms with Gasteiger partial charge in [0, 0.05) is 4.90 Å². The van der Waals surface area contributed by atoms with Gasteiger partial charge in [-0.05, 0) is 48.8 Å². The Kier molecular flexibility index (Phi) is 2.25. The first-order valence-electron chi connectivity index (χ1n) is 6.95. The average molecular weight is 240 g/mol. The van der Waals surface area contributed by atoms with Gasteiger partial charge in [-0.2, -0.15) is 0 Å². The summed E-state index contributed by atoms with van der Waals surface area (Å²) in [6.45, 7) is 0. The van der Waals surface area contributed by atoms with Crippen molar-refractivity contribution in [2.45, 2.75) is 67.6 Å². The highest BCUT2D eigenvalue weighted by Crippen LogP contribution is 2.82. The van der Waals surface area contributed by atoms with Crippen molar-refractivity contribution in [1.82, 2.24) is 0 Å². The van der Waals surface area contributed by atoms with Crippen LogP contribution in [0, 0.1) is 11.8 Å². The third-order valence-corrected chi connectivity index (χ3v) is 11.0. The molecule has 84 valence electrons. The zero-order valence-electron chi connectivity index (χ0n) is 9.47. The van der Waals surface area contributed by atoms with E-state index in [9.17, 15) is 0 Å². The van der Waals surface area contributed by atoms with Gasteiger partial charge in [0.2, 0.25) is 0 Å². The van der Waals surface area contributed by atoms with Crippen LogP contribution in [0.1, 0.15) is 51.4 Å². The van der Waals surface area contributed by atoms with Crippen molar-refractivity contribution in [1.29, 1.82) is 0 Å². The normalized spacial score (nSPS) is 60.8. The van der Waals surface area contributed by atoms with Crippen LogP contribution in [-0.4, -0.2) is 16.2 Å². The van der Waals surface area contributed by atoms with Crippen molar-refractivity contribution < 1.29 is 0 Å². The molecule has 0 nitrogen and oxygen atoms in total. The maximum Gasteiger partial charge on any atom is 0.0123 e. The highest BCUT2D eigenvalue weighted by atomic mass is 31.1. The van der Waals surface area contributed by atoms with E-state index in [0.29, 0.717) is 0 Å². The number of rotatable bonds is 0. The summed E-state index contributed by atoms with van der Waals surface area (Å²) >= 11 is 0. The van der Waals surface area contributed by atoms with Gasteiger partial charge in [-0.15, -0.1) is 17.2 Å². The van der Waals surface area contributed by atoms with E-state index < -0.39 is 0 Å². The summed E-state index contributed by atoms with van der Waals surface area (Å²) in [5.74, 6) is 2.45. The predicted molar refractivity (Wildman–Crippen MR) is 70.9 cm³/mol. The molecule has 1 spiro atoms. The first-order chi connectivity index (χ1) is 7.40. The van der Waals surface area contributed by atoms with Gasteiger partial charge in [-0.3, -0.25) is 0 Å². The van der Waals surface area contributed by atoms with Crippen molar-refractivity contribution >= 4 is 17.2 Å². The summed E-state index contributed by atoms with van der Waals surface area (Å²) in [4.78, 5) is 0.982. The molecule has 0 aromatic rings. The van der Waals surface area contributed by atoms with Crippen LogP contribution >= 0.6 is 17.2 Å². The fraction of sp³-hybridized carbons (Fsp3) is 1.00. The molecule has 2 heterocycles. The topological polar surface area (TPSA) is 0 Å². The van der Waals surface area contributed by atoms with Crippen LogP contribution in [-0.2, 0) is 0 Å². The standard InChI is InChI=1S/C13H22P2/c1-3-7-11-9(5-1)13(14-11)10-6-2-4-8-12(10)15-13/h9-12,14-15H,1-8H2. The molecular weight excluding hydrogens is 218 g/mol. The molecule has 0 amide bonds. The Labute approximate surface area is 96.9 Å². The summed E-state index contributed by atoms with van der Waals surface area (Å²) in [6, 6.07) is 0. The Morgan fingerprint density at radius 3 is 1.60 bits per heavy atom. The molecule has 0 aromatic heterocycles. The molecular formula is C13H22P2. The molecule has 4 rings (SSSR count). The lowest BCUT2D eigenvalue weighted by molar-refractivity contribution is 0.182. The predicted octanol–water partition coefficient (Wildman–Crippen LogP) is 4.18. The van der Waals surface area contributed by atoms with Crippen molar-refractivity contribution in [3.8, 4) is 0 Å². The number of hydrogen-bond acceptors (Lipinski definition) is 0. The Morgan fingerprint density at radius 2 is 1.13 bits per heavy atom. The minimum absolute atomic E-state index is 0.982. The molecule has 15 heavy (non-hydrogen) atoms. The number of hydrogen-bond donors (Lipinski definition) is 0. The fourth-order valence-electron chi connectivity index (χ4n) is 4.86. The van der Waals surface area contributed by atoms with E-state index in [1.165, 1.54) is 40.3 Å². The summed E-state index contributed by atoms with van der Waals surface area (Å²) in [6.07, 6.45) is 12.7. The summed E-state index contributed by atoms with van der Waals surface area (Å²) in [5.41, 5.74) is 2.43. The van der Waals surface area contributed by atoms with E-state index in [1.54, 1.807) is 51.4 Å². The minimum Gasteiger partial charge on any atom is -0.107 e. The fourth-order valence-corrected chi connectivity index (χ4v) is 11.5. The second-order valence-corrected chi connectivity index (χ2v) is 10.4. The quantitative estimate of drug-likeness (QED) is 0.557. The Bertz CT molecular complexity index is 248. The molecule has 0 N–H and O–H groups in total. The second-order valence-electron chi connectivity index (χ2n) is 6.15. The van der Waals surface area contributed by atoms with E-state index in [1.807, 2.05) is 0 Å². The lowest BCUT2D eigenvalue weighted by atomic mass is 9.74. The molecule has 6 atom stereocenters. The van der Waals surface area contributed by atoms with Crippen LogP contribution in [0.25, 0.3) is 0 Å². The highest BCUT2D eigenvalue weighted by molar-refractivity contribution is 7.63. The molecule has 0 bridgehead atoms. The minimum atomic E-state index is 0.982. The molecule has 6 unspecified atom stereocenters. The average Bonchev–Trinajstić information content (AvgIpc) is 2.21. The van der Waals surface area contributed by atoms with Crippen molar-refractivity contribution in [2.75, 3.05) is 0 Å². The molecule has 0 aromatic carbocycles. The molecule has 2 saturated heterocycles. The molecule has 2 saturated carbocycles. The maximum atomic E-state index is 1.62. The first kappa shape index (κ1) is 9.85. The van der Waals surface area contributed by atoms with E-state index in [0.717, 1.165) is 4.90 Å². The lowest BCUT2D eigenvalue weighted by Crippen LogP contribution is -2.62. The van der Waals surface area contributed by atoms with Gasteiger partial charge >= 0.3 is 0 Å². The third kappa shape index (κ3) is 1.22. The Morgan fingerprint density at radius 1 is 0.667 bits per heavy atom. The van der Waals surface area contributed by atoms with Crippen molar-refractivity contribution in [3.63, 3.8) is 0 Å². The maximum absolute atomic E-state index is 1.62. The van der Waals surface area contributed by atoms with Gasteiger partial charge in [0.1, 0.15) is 0 Å². The van der Waals surface area contributed by atoms with Crippen LogP contribution in [0.15, 0.2) is 0 Å². The third-order valence-electron chi connectivity index (χ3n) is 5.55. The van der Waals surface area contributed by atoms with E-state index >= 15 is 0 Å². The highest BCUT2D eigenvalue weighted by Gasteiger charge is 2.65. The largest absolute Gasteiger partial charge is 0.107 e. The molecule has 2 aliphatic heterocycles. The molecule has 2 heteroatoms. The van der Waals surface area contributed by atoms with Crippen LogP contribution in [0.5, 0.6) is 0 Å². The van der Waals surface area contributed by atoms with Gasteiger partial charge in [-0.1, -0.05) is 25.7 Å². The van der Waals surface area contributed by atoms with Gasteiger partial charge < -0.3 is 0 Å².